The molecule has 0 spiro atoms. The third-order valence-corrected chi connectivity index (χ3v) is 5.57. The molecule has 0 fully saturated rings. The predicted molar refractivity (Wildman–Crippen MR) is 145 cm³/mol. The number of hydrogen-bond acceptors (Lipinski definition) is 6. The number of hydrogen-bond donors (Lipinski definition) is 0. The topological polar surface area (TPSA) is 105 Å². The molecule has 0 aliphatic carbocycles. The van der Waals surface area contributed by atoms with Crippen LogP contribution in [-0.4, -0.2) is 15.0 Å². The second kappa shape index (κ2) is 11.7. The molecule has 184 valence electrons. The Morgan fingerprint density at radius 2 is 1.43 bits per heavy atom. The van der Waals surface area contributed by atoms with Crippen LogP contribution in [0.25, 0.3) is 45.8 Å². The van der Waals surface area contributed by atoms with Crippen molar-refractivity contribution in [1.82, 2.24) is 15.0 Å². The Balaban J connectivity index is 1.69. The highest BCUT2D eigenvalue weighted by Crippen LogP contribution is 2.35. The molecule has 3 heterocycles. The molecule has 0 aliphatic rings. The van der Waals surface area contributed by atoms with Crippen molar-refractivity contribution in [3.05, 3.63) is 83.4 Å². The fourth-order valence-corrected chi connectivity index (χ4v) is 3.72. The van der Waals surface area contributed by atoms with E-state index in [1.165, 1.54) is 0 Å². The summed E-state index contributed by atoms with van der Waals surface area (Å²) in [5, 5.41) is 27.2. The molecule has 1 aromatic carbocycles. The van der Waals surface area contributed by atoms with Gasteiger partial charge in [-0.25, -0.2) is 0 Å². The van der Waals surface area contributed by atoms with Crippen LogP contribution in [0.2, 0.25) is 0 Å². The van der Waals surface area contributed by atoms with Gasteiger partial charge in [0, 0.05) is 16.7 Å². The fraction of sp³-hybridized carbons (Fsp3) is 0.200. The van der Waals surface area contributed by atoms with E-state index in [9.17, 15) is 0 Å². The Hall–Kier alpha value is -4.88. The molecule has 7 nitrogen and oxygen atoms in total. The lowest BCUT2D eigenvalue weighted by atomic mass is 10.1. The van der Waals surface area contributed by atoms with E-state index in [0.717, 1.165) is 34.2 Å². The highest BCUT2D eigenvalue weighted by molar-refractivity contribution is 5.98. The van der Waals surface area contributed by atoms with Crippen LogP contribution >= 0.6 is 0 Å². The van der Waals surface area contributed by atoms with E-state index in [2.05, 4.69) is 19.1 Å². The van der Waals surface area contributed by atoms with Crippen molar-refractivity contribution in [2.24, 2.45) is 0 Å². The molecule has 0 N–H and O–H groups in total. The zero-order chi connectivity index (χ0) is 26.2. The monoisotopic (exact) mass is 489 g/mol. The largest absolute Gasteiger partial charge is 0.457 e. The molecule has 7 heteroatoms. The summed E-state index contributed by atoms with van der Waals surface area (Å²) in [5.41, 5.74) is 4.77. The summed E-state index contributed by atoms with van der Waals surface area (Å²) in [7, 11) is 0. The third kappa shape index (κ3) is 6.04. The van der Waals surface area contributed by atoms with Gasteiger partial charge in [0.15, 0.2) is 0 Å². The molecule has 37 heavy (non-hydrogen) atoms. The van der Waals surface area contributed by atoms with Crippen LogP contribution in [0, 0.1) is 22.7 Å². The summed E-state index contributed by atoms with van der Waals surface area (Å²) >= 11 is 0. The van der Waals surface area contributed by atoms with Crippen molar-refractivity contribution in [3.8, 4) is 34.8 Å². The number of aromatic nitrogens is 3. The minimum Gasteiger partial charge on any atom is -0.457 e. The second-order valence-corrected chi connectivity index (χ2v) is 8.59. The molecule has 0 atom stereocenters. The van der Waals surface area contributed by atoms with Crippen LogP contribution in [-0.2, 0) is 6.54 Å². The first kappa shape index (κ1) is 25.2. The first-order chi connectivity index (χ1) is 18.0. The Labute approximate surface area is 215 Å². The van der Waals surface area contributed by atoms with Gasteiger partial charge in [-0.15, -0.1) is 0 Å². The Morgan fingerprint density at radius 1 is 0.865 bits per heavy atom. The molecular formula is C30H27N5O2. The van der Waals surface area contributed by atoms with Gasteiger partial charge in [0.25, 0.3) is 0 Å². The summed E-state index contributed by atoms with van der Waals surface area (Å²) in [6, 6.07) is 15.8. The van der Waals surface area contributed by atoms with E-state index < -0.39 is 0 Å². The van der Waals surface area contributed by atoms with E-state index in [4.69, 9.17) is 29.6 Å². The van der Waals surface area contributed by atoms with E-state index in [1.807, 2.05) is 67.6 Å². The van der Waals surface area contributed by atoms with E-state index in [1.54, 1.807) is 23.9 Å². The number of benzene rings is 1. The van der Waals surface area contributed by atoms with Gasteiger partial charge in [0.1, 0.15) is 34.1 Å². The molecule has 0 unspecified atom stereocenters. The van der Waals surface area contributed by atoms with Gasteiger partial charge in [-0.1, -0.05) is 30.7 Å². The number of rotatable bonds is 9. The molecule has 0 amide bonds. The van der Waals surface area contributed by atoms with Crippen molar-refractivity contribution < 1.29 is 8.83 Å². The van der Waals surface area contributed by atoms with Crippen LogP contribution in [0.3, 0.4) is 0 Å². The second-order valence-electron chi connectivity index (χ2n) is 8.59. The maximum Gasteiger partial charge on any atom is 0.137 e. The minimum atomic E-state index is 0.400. The SMILES string of the molecule is CCCn1nc2c(-c3ccc(/C=C/C=C(/C)C#N)o3)ccc(-c3ccc(/C=C/C=C(/C)CC#N)o3)c2n1. The lowest BCUT2D eigenvalue weighted by Gasteiger charge is -2.02. The van der Waals surface area contributed by atoms with Crippen LogP contribution in [0.15, 0.2) is 80.7 Å². The van der Waals surface area contributed by atoms with E-state index in [-0.39, 0.29) is 0 Å². The van der Waals surface area contributed by atoms with Gasteiger partial charge in [-0.3, -0.25) is 0 Å². The normalized spacial score (nSPS) is 12.6. The number of fused-ring (bicyclic) bond motifs is 1. The molecule has 0 saturated heterocycles. The zero-order valence-electron chi connectivity index (χ0n) is 21.1. The first-order valence-corrected chi connectivity index (χ1v) is 12.1. The van der Waals surface area contributed by atoms with Gasteiger partial charge in [-0.2, -0.15) is 25.5 Å². The number of furan rings is 2. The molecule has 0 aliphatic heterocycles. The van der Waals surface area contributed by atoms with Gasteiger partial charge in [0.2, 0.25) is 0 Å². The van der Waals surface area contributed by atoms with Gasteiger partial charge < -0.3 is 8.83 Å². The standard InChI is InChI=1S/C30H27N5O2/c1-4-19-35-33-29-25(27-15-11-23(36-27)9-5-7-21(2)17-18-31)13-14-26(30(29)34-35)28-16-12-24(37-28)10-6-8-22(3)20-32/h5-16H,4,17,19H2,1-3H3/b9-5+,10-6+,21-7-,22-8-. The van der Waals surface area contributed by atoms with Crippen LogP contribution in [0.1, 0.15) is 45.1 Å². The number of aryl methyl sites for hydroxylation is 1. The van der Waals surface area contributed by atoms with Gasteiger partial charge >= 0.3 is 0 Å². The van der Waals surface area contributed by atoms with Crippen LogP contribution < -0.4 is 0 Å². The number of nitriles is 2. The average molecular weight is 490 g/mol. The fourth-order valence-electron chi connectivity index (χ4n) is 3.72. The van der Waals surface area contributed by atoms with E-state index >= 15 is 0 Å². The third-order valence-electron chi connectivity index (χ3n) is 5.57. The van der Waals surface area contributed by atoms with Crippen molar-refractivity contribution in [2.45, 2.75) is 40.2 Å². The lowest BCUT2D eigenvalue weighted by molar-refractivity contribution is 0.535. The van der Waals surface area contributed by atoms with E-state index in [0.29, 0.717) is 41.6 Å². The smallest absolute Gasteiger partial charge is 0.137 e. The van der Waals surface area contributed by atoms with Gasteiger partial charge in [-0.05, 0) is 74.9 Å². The Morgan fingerprint density at radius 3 is 1.95 bits per heavy atom. The highest BCUT2D eigenvalue weighted by atomic mass is 16.3. The average Bonchev–Trinajstić information content (AvgIpc) is 3.64. The summed E-state index contributed by atoms with van der Waals surface area (Å²) < 4.78 is 12.2. The highest BCUT2D eigenvalue weighted by Gasteiger charge is 2.18. The Kier molecular flexibility index (Phi) is 7.98. The van der Waals surface area contributed by atoms with Crippen LogP contribution in [0.5, 0.6) is 0 Å². The van der Waals surface area contributed by atoms with Crippen molar-refractivity contribution >= 4 is 23.2 Å². The Bertz CT molecular complexity index is 1610. The quantitative estimate of drug-likeness (QED) is 0.176. The summed E-state index contributed by atoms with van der Waals surface area (Å²) in [6.07, 6.45) is 12.3. The number of allylic oxidation sites excluding steroid dienone is 6. The maximum absolute atomic E-state index is 8.90. The number of nitrogens with zero attached hydrogens (tertiary/aromatic N) is 5. The molecule has 3 aromatic heterocycles. The molecule has 0 radical (unpaired) electrons. The zero-order valence-corrected chi connectivity index (χ0v) is 21.1. The minimum absolute atomic E-state index is 0.400. The van der Waals surface area contributed by atoms with Gasteiger partial charge in [0.05, 0.1) is 25.1 Å². The van der Waals surface area contributed by atoms with Crippen molar-refractivity contribution in [2.75, 3.05) is 0 Å². The molecular weight excluding hydrogens is 462 g/mol. The molecule has 0 saturated carbocycles. The predicted octanol–water partition coefficient (Wildman–Crippen LogP) is 7.72. The summed E-state index contributed by atoms with van der Waals surface area (Å²) in [4.78, 5) is 1.71. The molecule has 0 bridgehead atoms. The summed E-state index contributed by atoms with van der Waals surface area (Å²) in [5.74, 6) is 2.76. The molecule has 4 aromatic rings. The van der Waals surface area contributed by atoms with Crippen LogP contribution in [0.4, 0.5) is 0 Å². The maximum atomic E-state index is 8.90. The van der Waals surface area contributed by atoms with Crippen molar-refractivity contribution in [3.63, 3.8) is 0 Å². The molecule has 4 rings (SSSR count). The lowest BCUT2D eigenvalue weighted by Crippen LogP contribution is -2.00. The van der Waals surface area contributed by atoms with Crippen molar-refractivity contribution in [1.29, 1.82) is 10.5 Å². The first-order valence-electron chi connectivity index (χ1n) is 12.1. The summed E-state index contributed by atoms with van der Waals surface area (Å²) in [6.45, 7) is 6.46.